The highest BCUT2D eigenvalue weighted by molar-refractivity contribution is 6.25. The van der Waals surface area contributed by atoms with E-state index in [0.717, 1.165) is 5.69 Å². The lowest BCUT2D eigenvalue weighted by molar-refractivity contribution is -0.123. The third-order valence-electron chi connectivity index (χ3n) is 10.2. The Hall–Kier alpha value is -5.84. The van der Waals surface area contributed by atoms with Gasteiger partial charge in [-0.2, -0.15) is 10.2 Å². The van der Waals surface area contributed by atoms with E-state index < -0.39 is 23.7 Å². The Labute approximate surface area is 289 Å². The third-order valence-corrected chi connectivity index (χ3v) is 10.2. The van der Waals surface area contributed by atoms with E-state index >= 15 is 0 Å². The van der Waals surface area contributed by atoms with Crippen LogP contribution in [-0.2, 0) is 19.2 Å². The molecular formula is C39H36N4O7. The van der Waals surface area contributed by atoms with E-state index in [1.54, 1.807) is 37.3 Å². The number of nitrogens with zero attached hydrogens (tertiary/aromatic N) is 4. The van der Waals surface area contributed by atoms with Crippen LogP contribution in [0.1, 0.15) is 31.2 Å². The molecule has 11 nitrogen and oxygen atoms in total. The van der Waals surface area contributed by atoms with Crippen LogP contribution < -0.4 is 19.3 Å². The van der Waals surface area contributed by atoms with Crippen LogP contribution in [0, 0.1) is 17.8 Å². The average Bonchev–Trinajstić information content (AvgIpc) is 3.37. The SMILES string of the molecule is COc1cc(O)c([C@H]2C3=CC[C@@H]4C(=O)N(c5ccc(N=Nc6ccc(N(C)C)cc6)cc5)C(=O)[C@@H]4[C@@H]3CC3=C2C(=O)C=C(C)C3=O)c(OC)c1. The molecule has 0 unspecified atom stereocenters. The number of aromatic hydroxyl groups is 1. The van der Waals surface area contributed by atoms with Crippen LogP contribution >= 0.6 is 0 Å². The van der Waals surface area contributed by atoms with Gasteiger partial charge in [-0.25, -0.2) is 0 Å². The Morgan fingerprint density at radius 3 is 2.14 bits per heavy atom. The van der Waals surface area contributed by atoms with Crippen LogP contribution in [0.15, 0.2) is 105 Å². The van der Waals surface area contributed by atoms with Crippen LogP contribution in [0.3, 0.4) is 0 Å². The summed E-state index contributed by atoms with van der Waals surface area (Å²) in [7, 11) is 6.83. The fraction of sp³-hybridized carbons (Fsp3) is 0.282. The summed E-state index contributed by atoms with van der Waals surface area (Å²) in [5.41, 5.74) is 4.55. The Morgan fingerprint density at radius 1 is 0.860 bits per heavy atom. The van der Waals surface area contributed by atoms with Gasteiger partial charge in [0.1, 0.15) is 17.2 Å². The highest BCUT2D eigenvalue weighted by atomic mass is 16.5. The van der Waals surface area contributed by atoms with Gasteiger partial charge in [0.05, 0.1) is 43.1 Å². The number of azo groups is 1. The zero-order chi connectivity index (χ0) is 35.4. The number of anilines is 2. The van der Waals surface area contributed by atoms with Crippen molar-refractivity contribution in [3.05, 3.63) is 101 Å². The van der Waals surface area contributed by atoms with Crippen molar-refractivity contribution in [3.63, 3.8) is 0 Å². The maximum atomic E-state index is 14.3. The molecule has 3 aromatic rings. The maximum absolute atomic E-state index is 14.3. The number of ketones is 2. The van der Waals surface area contributed by atoms with Crippen LogP contribution in [0.2, 0.25) is 0 Å². The quantitative estimate of drug-likeness (QED) is 0.130. The first kappa shape index (κ1) is 32.7. The van der Waals surface area contributed by atoms with Gasteiger partial charge < -0.3 is 19.5 Å². The summed E-state index contributed by atoms with van der Waals surface area (Å²) in [5, 5.41) is 20.0. The Morgan fingerprint density at radius 2 is 1.52 bits per heavy atom. The van der Waals surface area contributed by atoms with E-state index in [9.17, 15) is 24.3 Å². The number of carbonyl (C=O) groups excluding carboxylic acids is 4. The Bertz CT molecular complexity index is 2080. The average molecular weight is 673 g/mol. The number of hydrogen-bond donors (Lipinski definition) is 1. The molecule has 1 fully saturated rings. The molecule has 0 spiro atoms. The minimum Gasteiger partial charge on any atom is -0.507 e. The van der Waals surface area contributed by atoms with Gasteiger partial charge in [0, 0.05) is 60.1 Å². The second kappa shape index (κ2) is 12.6. The molecule has 1 N–H and O–H groups in total. The number of imide groups is 1. The standard InChI is InChI=1S/C39H36N4O7/c1-20-16-30(44)34-29(37(20)46)19-28-26(35(34)36-31(45)17-25(49-4)18-32(36)50-5)14-15-27-33(28)39(48)43(38(27)47)24-12-8-22(9-13-24)41-40-21-6-10-23(11-7-21)42(2)3/h6-14,16-18,27-28,33,35,45H,15,19H2,1-5H3/t27-,28+,33-,35-/m0/s1. The summed E-state index contributed by atoms with van der Waals surface area (Å²) in [6.07, 6.45) is 3.60. The number of phenols is 1. The smallest absolute Gasteiger partial charge is 0.238 e. The number of benzene rings is 3. The predicted molar refractivity (Wildman–Crippen MR) is 186 cm³/mol. The van der Waals surface area contributed by atoms with E-state index in [2.05, 4.69) is 10.2 Å². The van der Waals surface area contributed by atoms with Crippen molar-refractivity contribution in [2.24, 2.45) is 28.0 Å². The van der Waals surface area contributed by atoms with Gasteiger partial charge in [0.25, 0.3) is 0 Å². The second-order valence-electron chi connectivity index (χ2n) is 13.1. The highest BCUT2D eigenvalue weighted by Crippen LogP contribution is 2.58. The summed E-state index contributed by atoms with van der Waals surface area (Å²) >= 11 is 0. The first-order valence-corrected chi connectivity index (χ1v) is 16.3. The molecule has 0 saturated carbocycles. The molecule has 3 aliphatic carbocycles. The summed E-state index contributed by atoms with van der Waals surface area (Å²) in [4.78, 5) is 58.8. The first-order valence-electron chi connectivity index (χ1n) is 16.3. The number of methoxy groups -OCH3 is 2. The number of allylic oxidation sites excluding steroid dienone is 6. The van der Waals surface area contributed by atoms with Crippen molar-refractivity contribution in [1.82, 2.24) is 0 Å². The number of rotatable bonds is 7. The zero-order valence-electron chi connectivity index (χ0n) is 28.3. The van der Waals surface area contributed by atoms with Crippen LogP contribution in [0.4, 0.5) is 22.7 Å². The van der Waals surface area contributed by atoms with Crippen LogP contribution in [0.5, 0.6) is 17.2 Å². The number of carbonyl (C=O) groups is 4. The monoisotopic (exact) mass is 672 g/mol. The molecule has 0 aromatic heterocycles. The predicted octanol–water partition coefficient (Wildman–Crippen LogP) is 6.52. The van der Waals surface area contributed by atoms with Crippen LogP contribution in [-0.4, -0.2) is 56.8 Å². The summed E-state index contributed by atoms with van der Waals surface area (Å²) in [6.45, 7) is 1.59. The van der Waals surface area contributed by atoms with Gasteiger partial charge in [-0.1, -0.05) is 11.6 Å². The second-order valence-corrected chi connectivity index (χ2v) is 13.1. The molecule has 3 aromatic carbocycles. The molecular weight excluding hydrogens is 636 g/mol. The van der Waals surface area contributed by atoms with Gasteiger partial charge in [0.15, 0.2) is 11.6 Å². The first-order chi connectivity index (χ1) is 24.0. The number of Topliss-reactive ketones (excluding diaryl/α,β-unsaturated/α-hetero) is 1. The van der Waals surface area contributed by atoms with Gasteiger partial charge in [-0.15, -0.1) is 0 Å². The van der Waals surface area contributed by atoms with E-state index in [-0.39, 0.29) is 53.3 Å². The van der Waals surface area contributed by atoms with E-state index in [4.69, 9.17) is 9.47 Å². The largest absolute Gasteiger partial charge is 0.507 e. The fourth-order valence-corrected chi connectivity index (χ4v) is 7.73. The lowest BCUT2D eigenvalue weighted by atomic mass is 9.59. The number of ether oxygens (including phenoxy) is 2. The van der Waals surface area contributed by atoms with E-state index in [0.29, 0.717) is 45.1 Å². The zero-order valence-corrected chi connectivity index (χ0v) is 28.3. The number of fused-ring (bicyclic) bond motifs is 3. The lowest BCUT2D eigenvalue weighted by Gasteiger charge is -2.42. The summed E-state index contributed by atoms with van der Waals surface area (Å²) < 4.78 is 11.0. The van der Waals surface area contributed by atoms with E-state index in [1.807, 2.05) is 49.3 Å². The highest BCUT2D eigenvalue weighted by Gasteiger charge is 2.57. The molecule has 0 bridgehead atoms. The molecule has 4 atom stereocenters. The minimum atomic E-state index is -0.868. The van der Waals surface area contributed by atoms with Crippen LogP contribution in [0.25, 0.3) is 0 Å². The molecule has 11 heteroatoms. The maximum Gasteiger partial charge on any atom is 0.238 e. The molecule has 0 radical (unpaired) electrons. The molecule has 1 saturated heterocycles. The van der Waals surface area contributed by atoms with Crippen molar-refractivity contribution in [3.8, 4) is 17.2 Å². The summed E-state index contributed by atoms with van der Waals surface area (Å²) in [5.74, 6) is -3.74. The van der Waals surface area contributed by atoms with Crippen molar-refractivity contribution in [2.45, 2.75) is 25.7 Å². The van der Waals surface area contributed by atoms with Crippen molar-refractivity contribution >= 4 is 46.1 Å². The molecule has 2 amide bonds. The molecule has 7 rings (SSSR count). The van der Waals surface area contributed by atoms with Gasteiger partial charge in [0.2, 0.25) is 11.8 Å². The van der Waals surface area contributed by atoms with Crippen molar-refractivity contribution in [1.29, 1.82) is 0 Å². The normalized spacial score (nSPS) is 23.0. The summed E-state index contributed by atoms with van der Waals surface area (Å²) in [6, 6.07) is 17.4. The lowest BCUT2D eigenvalue weighted by Crippen LogP contribution is -2.40. The molecule has 1 aliphatic heterocycles. The van der Waals surface area contributed by atoms with Gasteiger partial charge in [-0.3, -0.25) is 24.1 Å². The van der Waals surface area contributed by atoms with Gasteiger partial charge in [-0.05, 0) is 80.3 Å². The topological polar surface area (TPSA) is 138 Å². The minimum absolute atomic E-state index is 0.121. The molecule has 254 valence electrons. The molecule has 1 heterocycles. The Balaban J connectivity index is 1.23. The van der Waals surface area contributed by atoms with Crippen molar-refractivity contribution < 1.29 is 33.8 Å². The molecule has 50 heavy (non-hydrogen) atoms. The van der Waals surface area contributed by atoms with Crippen molar-refractivity contribution in [2.75, 3.05) is 38.1 Å². The number of amides is 2. The third kappa shape index (κ3) is 5.29. The van der Waals surface area contributed by atoms with E-state index in [1.165, 1.54) is 31.3 Å². The Kier molecular flexibility index (Phi) is 8.21. The number of phenolic OH excluding ortho intramolecular Hbond substituents is 1. The van der Waals surface area contributed by atoms with Gasteiger partial charge >= 0.3 is 0 Å². The fourth-order valence-electron chi connectivity index (χ4n) is 7.73. The number of hydrogen-bond acceptors (Lipinski definition) is 10. The molecule has 4 aliphatic rings.